The molecule has 58 valence electrons. The van der Waals surface area contributed by atoms with Crippen LogP contribution in [0.3, 0.4) is 0 Å². The van der Waals surface area contributed by atoms with E-state index >= 15 is 0 Å². The van der Waals surface area contributed by atoms with E-state index in [-0.39, 0.29) is 4.82 Å². The number of nitrogens with zero attached hydrogens (tertiary/aromatic N) is 1. The molecule has 1 aliphatic rings. The van der Waals surface area contributed by atoms with Crippen molar-refractivity contribution in [2.45, 2.75) is 38.8 Å². The highest BCUT2D eigenvalue weighted by Crippen LogP contribution is 2.24. The van der Waals surface area contributed by atoms with Gasteiger partial charge < -0.3 is 4.90 Å². The number of hydrogen-bond acceptors (Lipinski definition) is 1. The van der Waals surface area contributed by atoms with Crippen molar-refractivity contribution in [1.82, 2.24) is 4.90 Å². The lowest BCUT2D eigenvalue weighted by atomic mass is 10.2. The molecule has 2 atom stereocenters. The number of carbonyl (C=O) groups is 1. The summed E-state index contributed by atoms with van der Waals surface area (Å²) in [5, 5.41) is 0. The van der Waals surface area contributed by atoms with Crippen LogP contribution < -0.4 is 0 Å². The van der Waals surface area contributed by atoms with E-state index in [9.17, 15) is 4.79 Å². The van der Waals surface area contributed by atoms with Gasteiger partial charge >= 0.3 is 0 Å². The van der Waals surface area contributed by atoms with E-state index in [0.717, 1.165) is 12.8 Å². The van der Waals surface area contributed by atoms with E-state index in [0.29, 0.717) is 12.1 Å². The molecule has 0 aromatic heterocycles. The normalized spacial score (nSPS) is 32.9. The maximum Gasteiger partial charge on any atom is 0.290 e. The largest absolute Gasteiger partial charge is 0.328 e. The maximum atomic E-state index is 10.9. The van der Waals surface area contributed by atoms with Gasteiger partial charge in [-0.25, -0.2) is 0 Å². The molecule has 0 radical (unpaired) electrons. The molecule has 0 N–H and O–H groups in total. The smallest absolute Gasteiger partial charge is 0.290 e. The van der Waals surface area contributed by atoms with Gasteiger partial charge in [0.15, 0.2) is 0 Å². The molecule has 1 saturated heterocycles. The highest BCUT2D eigenvalue weighted by atomic mass is 79.9. The number of halogens is 1. The Hall–Kier alpha value is -0.0500. The van der Waals surface area contributed by atoms with Crippen LogP contribution in [-0.4, -0.2) is 21.8 Å². The van der Waals surface area contributed by atoms with Gasteiger partial charge in [0.2, 0.25) is 0 Å². The third kappa shape index (κ3) is 1.34. The third-order valence-corrected chi connectivity index (χ3v) is 2.56. The van der Waals surface area contributed by atoms with Crippen LogP contribution in [0.25, 0.3) is 0 Å². The van der Waals surface area contributed by atoms with Crippen LogP contribution >= 0.6 is 15.9 Å². The van der Waals surface area contributed by atoms with E-state index in [2.05, 4.69) is 29.8 Å². The van der Waals surface area contributed by atoms with E-state index in [1.54, 1.807) is 0 Å². The Labute approximate surface area is 69.7 Å². The van der Waals surface area contributed by atoms with Gasteiger partial charge in [-0.1, -0.05) is 0 Å². The molecule has 1 aliphatic heterocycles. The molecule has 1 rings (SSSR count). The second-order valence-corrected chi connectivity index (χ2v) is 3.61. The molecular weight excluding hydrogens is 194 g/mol. The fourth-order valence-corrected chi connectivity index (χ4v) is 2.24. The quantitative estimate of drug-likeness (QED) is 0.440. The average Bonchev–Trinajstić information content (AvgIpc) is 2.11. The summed E-state index contributed by atoms with van der Waals surface area (Å²) in [4.78, 5) is 12.8. The summed E-state index contributed by atoms with van der Waals surface area (Å²) < 4.78 is 0. The molecule has 10 heavy (non-hydrogen) atoms. The van der Waals surface area contributed by atoms with Gasteiger partial charge in [-0.05, 0) is 26.7 Å². The second kappa shape index (κ2) is 2.91. The first-order valence-electron chi connectivity index (χ1n) is 3.60. The van der Waals surface area contributed by atoms with Crippen molar-refractivity contribution < 1.29 is 4.79 Å². The first kappa shape index (κ1) is 8.05. The van der Waals surface area contributed by atoms with Crippen LogP contribution in [0.5, 0.6) is 0 Å². The van der Waals surface area contributed by atoms with Crippen LogP contribution in [0.1, 0.15) is 26.7 Å². The van der Waals surface area contributed by atoms with Crippen molar-refractivity contribution in [1.29, 1.82) is 0 Å². The summed E-state index contributed by atoms with van der Waals surface area (Å²) in [6, 6.07) is 0.837. The lowest BCUT2D eigenvalue weighted by Crippen LogP contribution is -2.34. The molecule has 0 aliphatic carbocycles. The van der Waals surface area contributed by atoms with Gasteiger partial charge in [-0.2, -0.15) is 0 Å². The Morgan fingerprint density at radius 3 is 2.00 bits per heavy atom. The first-order valence-corrected chi connectivity index (χ1v) is 4.40. The first-order chi connectivity index (χ1) is 4.63. The molecular formula is C7H12BrNO. The predicted octanol–water partition coefficient (Wildman–Crippen LogP) is 2.37. The number of hydrogen-bond donors (Lipinski definition) is 0. The summed E-state index contributed by atoms with van der Waals surface area (Å²) in [6.45, 7) is 4.17. The fraction of sp³-hybridized carbons (Fsp3) is 0.857. The zero-order valence-corrected chi connectivity index (χ0v) is 7.89. The van der Waals surface area contributed by atoms with Crippen molar-refractivity contribution in [2.24, 2.45) is 0 Å². The fourth-order valence-electron chi connectivity index (χ4n) is 1.54. The van der Waals surface area contributed by atoms with E-state index in [1.165, 1.54) is 0 Å². The van der Waals surface area contributed by atoms with Gasteiger partial charge in [0.05, 0.1) is 0 Å². The Morgan fingerprint density at radius 2 is 1.80 bits per heavy atom. The third-order valence-electron chi connectivity index (χ3n) is 2.15. The minimum absolute atomic E-state index is 0.0324. The minimum atomic E-state index is 0.0324. The molecule has 3 heteroatoms. The van der Waals surface area contributed by atoms with Crippen LogP contribution in [0.4, 0.5) is 4.79 Å². The van der Waals surface area contributed by atoms with Crippen molar-refractivity contribution in [2.75, 3.05) is 0 Å². The molecule has 0 aromatic carbocycles. The summed E-state index contributed by atoms with van der Waals surface area (Å²) >= 11 is 2.97. The summed E-state index contributed by atoms with van der Waals surface area (Å²) in [5.74, 6) is 0. The van der Waals surface area contributed by atoms with Crippen LogP contribution in [0, 0.1) is 0 Å². The monoisotopic (exact) mass is 205 g/mol. The van der Waals surface area contributed by atoms with Crippen molar-refractivity contribution in [3.05, 3.63) is 0 Å². The van der Waals surface area contributed by atoms with Crippen LogP contribution in [0.2, 0.25) is 0 Å². The van der Waals surface area contributed by atoms with E-state index in [1.807, 2.05) is 4.90 Å². The highest BCUT2D eigenvalue weighted by molar-refractivity contribution is 9.18. The molecule has 2 unspecified atom stereocenters. The topological polar surface area (TPSA) is 20.3 Å². The van der Waals surface area contributed by atoms with Crippen molar-refractivity contribution in [3.63, 3.8) is 0 Å². The molecule has 0 spiro atoms. The van der Waals surface area contributed by atoms with E-state index in [4.69, 9.17) is 0 Å². The second-order valence-electron chi connectivity index (χ2n) is 2.94. The Balaban J connectivity index is 2.63. The number of amides is 1. The molecule has 1 amide bonds. The minimum Gasteiger partial charge on any atom is -0.328 e. The molecule has 0 saturated carbocycles. The van der Waals surface area contributed by atoms with Crippen molar-refractivity contribution >= 4 is 20.7 Å². The molecule has 0 aromatic rings. The summed E-state index contributed by atoms with van der Waals surface area (Å²) in [7, 11) is 0. The van der Waals surface area contributed by atoms with Crippen molar-refractivity contribution in [3.8, 4) is 0 Å². The maximum absolute atomic E-state index is 10.9. The van der Waals surface area contributed by atoms with Gasteiger partial charge in [-0.3, -0.25) is 4.79 Å². The van der Waals surface area contributed by atoms with Gasteiger partial charge in [0, 0.05) is 28.0 Å². The van der Waals surface area contributed by atoms with Gasteiger partial charge in [0.1, 0.15) is 0 Å². The highest BCUT2D eigenvalue weighted by Gasteiger charge is 2.29. The summed E-state index contributed by atoms with van der Waals surface area (Å²) in [5.41, 5.74) is 0. The number of carbonyl (C=O) groups excluding carboxylic acids is 1. The van der Waals surface area contributed by atoms with Gasteiger partial charge in [0.25, 0.3) is 4.82 Å². The summed E-state index contributed by atoms with van der Waals surface area (Å²) in [6.07, 6.45) is 2.27. The zero-order valence-electron chi connectivity index (χ0n) is 6.30. The lowest BCUT2D eigenvalue weighted by Gasteiger charge is -2.22. The zero-order chi connectivity index (χ0) is 7.72. The van der Waals surface area contributed by atoms with Crippen LogP contribution in [0.15, 0.2) is 0 Å². The predicted molar refractivity (Wildman–Crippen MR) is 44.3 cm³/mol. The van der Waals surface area contributed by atoms with E-state index < -0.39 is 0 Å². The lowest BCUT2D eigenvalue weighted by molar-refractivity contribution is 0.207. The molecule has 1 heterocycles. The molecule has 2 nitrogen and oxygen atoms in total. The number of rotatable bonds is 0. The SMILES string of the molecule is CC1CCC(C)N1C(=O)Br. The molecule has 1 fully saturated rings. The standard InChI is InChI=1S/C7H12BrNO/c1-5-3-4-6(2)9(5)7(8)10/h5-6H,3-4H2,1-2H3. The van der Waals surface area contributed by atoms with Gasteiger partial charge in [-0.15, -0.1) is 0 Å². The average molecular weight is 206 g/mol. The Bertz CT molecular complexity index is 139. The number of likely N-dealkylation sites (tertiary alicyclic amines) is 1. The Kier molecular flexibility index (Phi) is 2.34. The molecule has 0 bridgehead atoms. The van der Waals surface area contributed by atoms with Crippen LogP contribution in [-0.2, 0) is 0 Å². The Morgan fingerprint density at radius 1 is 1.40 bits per heavy atom.